The number of hydrogen-bond acceptors (Lipinski definition) is 6. The topological polar surface area (TPSA) is 81.9 Å². The van der Waals surface area contributed by atoms with Gasteiger partial charge >= 0.3 is 0 Å². The van der Waals surface area contributed by atoms with Crippen LogP contribution in [-0.2, 0) is 25.9 Å². The Morgan fingerprint density at radius 1 is 1.06 bits per heavy atom. The molecule has 1 unspecified atom stereocenters. The highest BCUT2D eigenvalue weighted by molar-refractivity contribution is 7.91. The average molecular weight is 501 g/mol. The Morgan fingerprint density at radius 3 is 2.44 bits per heavy atom. The van der Waals surface area contributed by atoms with Crippen LogP contribution in [0.2, 0.25) is 10.0 Å². The molecule has 0 bridgehead atoms. The minimum absolute atomic E-state index is 0.0379. The normalized spacial score (nSPS) is 16.8. The van der Waals surface area contributed by atoms with Crippen molar-refractivity contribution in [2.75, 3.05) is 52.3 Å². The van der Waals surface area contributed by atoms with Crippen LogP contribution in [0.15, 0.2) is 41.3 Å². The van der Waals surface area contributed by atoms with Gasteiger partial charge in [0.25, 0.3) is 0 Å². The number of halogens is 2. The van der Waals surface area contributed by atoms with Crippen molar-refractivity contribution in [3.63, 3.8) is 0 Å². The van der Waals surface area contributed by atoms with Crippen molar-refractivity contribution >= 4 is 33.0 Å². The van der Waals surface area contributed by atoms with Crippen LogP contribution in [0.4, 0.5) is 0 Å². The Labute approximate surface area is 200 Å². The van der Waals surface area contributed by atoms with Gasteiger partial charge in [0, 0.05) is 42.2 Å². The minimum Gasteiger partial charge on any atom is -0.379 e. The summed E-state index contributed by atoms with van der Waals surface area (Å²) in [5.74, 6) is 0.113. The predicted molar refractivity (Wildman–Crippen MR) is 128 cm³/mol. The van der Waals surface area contributed by atoms with Gasteiger partial charge < -0.3 is 20.1 Å². The van der Waals surface area contributed by atoms with E-state index in [2.05, 4.69) is 4.90 Å². The second kappa shape index (κ2) is 11.8. The summed E-state index contributed by atoms with van der Waals surface area (Å²) in [6, 6.07) is 10.9. The molecule has 32 heavy (non-hydrogen) atoms. The van der Waals surface area contributed by atoms with Crippen molar-refractivity contribution in [1.29, 1.82) is 0 Å². The second-order valence-corrected chi connectivity index (χ2v) is 10.9. The van der Waals surface area contributed by atoms with Crippen LogP contribution in [0.5, 0.6) is 0 Å². The van der Waals surface area contributed by atoms with Crippen molar-refractivity contribution in [1.82, 2.24) is 4.90 Å². The van der Waals surface area contributed by atoms with Gasteiger partial charge in [0.2, 0.25) is 0 Å². The number of rotatable bonds is 11. The summed E-state index contributed by atoms with van der Waals surface area (Å²) in [7, 11) is -1.33. The van der Waals surface area contributed by atoms with Crippen molar-refractivity contribution < 1.29 is 17.9 Å². The third kappa shape index (κ3) is 6.67. The smallest absolute Gasteiger partial charge is 0.178 e. The zero-order chi connectivity index (χ0) is 23.1. The first-order chi connectivity index (χ1) is 15.3. The summed E-state index contributed by atoms with van der Waals surface area (Å²) >= 11 is 12.7. The highest BCUT2D eigenvalue weighted by atomic mass is 35.5. The van der Waals surface area contributed by atoms with E-state index in [1.54, 1.807) is 18.2 Å². The molecule has 1 atom stereocenters. The van der Waals surface area contributed by atoms with E-state index in [9.17, 15) is 8.42 Å². The summed E-state index contributed by atoms with van der Waals surface area (Å²) in [4.78, 5) is 2.53. The number of fused-ring (bicyclic) bond motifs is 1. The van der Waals surface area contributed by atoms with E-state index >= 15 is 0 Å². The molecule has 1 aliphatic heterocycles. The SMILES string of the molecule is CN1Cc2c(Cl)cc(Cl)cc2C(c2ccc(S(=O)(=O)CCCOCCOCCN)cc2)C1. The van der Waals surface area contributed by atoms with E-state index < -0.39 is 9.84 Å². The molecule has 176 valence electrons. The lowest BCUT2D eigenvalue weighted by Gasteiger charge is -2.33. The zero-order valence-electron chi connectivity index (χ0n) is 18.2. The molecular weight excluding hydrogens is 471 g/mol. The van der Waals surface area contributed by atoms with E-state index in [1.807, 2.05) is 25.2 Å². The lowest BCUT2D eigenvalue weighted by Crippen LogP contribution is -2.31. The van der Waals surface area contributed by atoms with Gasteiger partial charge in [0.1, 0.15) is 0 Å². The van der Waals surface area contributed by atoms with Gasteiger partial charge in [-0.1, -0.05) is 35.3 Å². The van der Waals surface area contributed by atoms with Crippen LogP contribution in [0, 0.1) is 0 Å². The monoisotopic (exact) mass is 500 g/mol. The third-order valence-corrected chi connectivity index (χ3v) is 7.84. The Kier molecular flexibility index (Phi) is 9.37. The van der Waals surface area contributed by atoms with Crippen LogP contribution in [0.1, 0.15) is 29.0 Å². The van der Waals surface area contributed by atoms with Gasteiger partial charge in [0.05, 0.1) is 30.5 Å². The summed E-state index contributed by atoms with van der Waals surface area (Å²) in [6.07, 6.45) is 0.429. The van der Waals surface area contributed by atoms with Crippen molar-refractivity contribution in [3.05, 3.63) is 63.1 Å². The molecule has 0 fully saturated rings. The highest BCUT2D eigenvalue weighted by Crippen LogP contribution is 2.38. The molecule has 2 N–H and O–H groups in total. The molecule has 0 saturated carbocycles. The third-order valence-electron chi connectivity index (χ3n) is 5.47. The van der Waals surface area contributed by atoms with Crippen LogP contribution < -0.4 is 5.73 Å². The number of nitrogens with two attached hydrogens (primary N) is 1. The van der Waals surface area contributed by atoms with E-state index in [0.717, 1.165) is 29.8 Å². The van der Waals surface area contributed by atoms with Crippen LogP contribution in [0.25, 0.3) is 0 Å². The maximum absolute atomic E-state index is 12.7. The van der Waals surface area contributed by atoms with Crippen LogP contribution >= 0.6 is 23.2 Å². The van der Waals surface area contributed by atoms with Crippen molar-refractivity contribution in [2.45, 2.75) is 23.8 Å². The lowest BCUT2D eigenvalue weighted by molar-refractivity contribution is 0.0512. The molecule has 9 heteroatoms. The molecule has 6 nitrogen and oxygen atoms in total. The summed E-state index contributed by atoms with van der Waals surface area (Å²) in [5.41, 5.74) is 8.55. The van der Waals surface area contributed by atoms with Gasteiger partial charge in [-0.25, -0.2) is 8.42 Å². The maximum atomic E-state index is 12.7. The number of hydrogen-bond donors (Lipinski definition) is 1. The second-order valence-electron chi connectivity index (χ2n) is 7.96. The average Bonchev–Trinajstić information content (AvgIpc) is 2.76. The van der Waals surface area contributed by atoms with Gasteiger partial charge in [-0.15, -0.1) is 0 Å². The fourth-order valence-electron chi connectivity index (χ4n) is 3.91. The fourth-order valence-corrected chi connectivity index (χ4v) is 5.77. The van der Waals surface area contributed by atoms with Gasteiger partial charge in [-0.05, 0) is 54.4 Å². The predicted octanol–water partition coefficient (Wildman–Crippen LogP) is 3.73. The zero-order valence-corrected chi connectivity index (χ0v) is 20.6. The highest BCUT2D eigenvalue weighted by Gasteiger charge is 2.27. The molecule has 2 aromatic carbocycles. The molecule has 0 spiro atoms. The quantitative estimate of drug-likeness (QED) is 0.473. The van der Waals surface area contributed by atoms with Gasteiger partial charge in [0.15, 0.2) is 9.84 Å². The molecule has 3 rings (SSSR count). The molecular formula is C23H30Cl2N2O4S. The molecule has 0 radical (unpaired) electrons. The van der Waals surface area contributed by atoms with Crippen LogP contribution in [-0.4, -0.2) is 65.6 Å². The first-order valence-electron chi connectivity index (χ1n) is 10.7. The molecule has 2 aromatic rings. The number of benzene rings is 2. The first-order valence-corrected chi connectivity index (χ1v) is 13.1. The number of sulfone groups is 1. The Hall–Kier alpha value is -1.19. The van der Waals surface area contributed by atoms with Gasteiger partial charge in [-0.3, -0.25) is 0 Å². The van der Waals surface area contributed by atoms with E-state index in [1.165, 1.54) is 0 Å². The summed E-state index contributed by atoms with van der Waals surface area (Å²) in [5, 5.41) is 1.27. The van der Waals surface area contributed by atoms with Gasteiger partial charge in [-0.2, -0.15) is 0 Å². The van der Waals surface area contributed by atoms with E-state index in [-0.39, 0.29) is 11.7 Å². The molecule has 0 aliphatic carbocycles. The fraction of sp³-hybridized carbons (Fsp3) is 0.478. The number of nitrogens with zero attached hydrogens (tertiary/aromatic N) is 1. The Morgan fingerprint density at radius 2 is 1.75 bits per heavy atom. The standard InChI is InChI=1S/C23H30Cl2N2O4S/c1-27-15-21(20-13-18(24)14-23(25)22(20)16-27)17-3-5-19(6-4-17)32(28,29)12-2-8-30-10-11-31-9-7-26/h3-6,13-14,21H,2,7-12,15-16,26H2,1H3. The van der Waals surface area contributed by atoms with E-state index in [0.29, 0.717) is 54.3 Å². The summed E-state index contributed by atoms with van der Waals surface area (Å²) in [6.45, 7) is 3.80. The number of ether oxygens (including phenoxy) is 2. The minimum atomic E-state index is -3.37. The van der Waals surface area contributed by atoms with Crippen LogP contribution in [0.3, 0.4) is 0 Å². The number of likely N-dealkylation sites (N-methyl/N-ethyl adjacent to an activating group) is 1. The molecule has 0 saturated heterocycles. The molecule has 0 aromatic heterocycles. The maximum Gasteiger partial charge on any atom is 0.178 e. The van der Waals surface area contributed by atoms with Crippen molar-refractivity contribution in [3.8, 4) is 0 Å². The summed E-state index contributed by atoms with van der Waals surface area (Å²) < 4.78 is 36.0. The Balaban J connectivity index is 1.63. The van der Waals surface area contributed by atoms with E-state index in [4.69, 9.17) is 38.4 Å². The molecule has 0 amide bonds. The molecule has 1 aliphatic rings. The van der Waals surface area contributed by atoms with Crippen molar-refractivity contribution in [2.24, 2.45) is 5.73 Å². The molecule has 1 heterocycles. The largest absolute Gasteiger partial charge is 0.379 e. The Bertz CT molecular complexity index is 1000. The lowest BCUT2D eigenvalue weighted by atomic mass is 9.85. The first kappa shape index (κ1) is 25.4.